The van der Waals surface area contributed by atoms with Crippen molar-refractivity contribution in [3.05, 3.63) is 82.1 Å². The number of aryl methyl sites for hydroxylation is 1. The van der Waals surface area contributed by atoms with Crippen molar-refractivity contribution in [3.63, 3.8) is 0 Å². The number of ketones is 1. The van der Waals surface area contributed by atoms with Gasteiger partial charge in [0.2, 0.25) is 5.91 Å². The zero-order valence-corrected chi connectivity index (χ0v) is 16.8. The fraction of sp³-hybridized carbons (Fsp3) is 0.208. The molecule has 1 spiro atoms. The second kappa shape index (κ2) is 6.54. The van der Waals surface area contributed by atoms with E-state index >= 15 is 0 Å². The zero-order chi connectivity index (χ0) is 21.9. The Morgan fingerprint density at radius 1 is 1.19 bits per heavy atom. The van der Waals surface area contributed by atoms with Crippen molar-refractivity contribution in [2.75, 3.05) is 10.2 Å². The Labute approximate surface area is 178 Å². The van der Waals surface area contributed by atoms with E-state index in [0.717, 1.165) is 5.56 Å². The van der Waals surface area contributed by atoms with Gasteiger partial charge in [0.15, 0.2) is 5.78 Å². The molecular weight excluding hydrogens is 395 g/mol. The quantitative estimate of drug-likeness (QED) is 0.744. The third kappa shape index (κ3) is 2.36. The van der Waals surface area contributed by atoms with Crippen molar-refractivity contribution >= 4 is 23.1 Å². The van der Waals surface area contributed by atoms with Gasteiger partial charge < -0.3 is 11.1 Å². The molecule has 1 atom stereocenters. The normalized spacial score (nSPS) is 22.4. The number of anilines is 2. The van der Waals surface area contributed by atoms with Crippen molar-refractivity contribution in [3.8, 4) is 6.07 Å². The number of halogens is 1. The Bertz CT molecular complexity index is 1290. The van der Waals surface area contributed by atoms with E-state index in [-0.39, 0.29) is 34.9 Å². The summed E-state index contributed by atoms with van der Waals surface area (Å²) in [7, 11) is 0. The number of allylic oxidation sites excluding steroid dienone is 1. The number of nitriles is 1. The van der Waals surface area contributed by atoms with Crippen molar-refractivity contribution in [1.82, 2.24) is 0 Å². The molecule has 3 aliphatic rings. The van der Waals surface area contributed by atoms with Gasteiger partial charge in [-0.2, -0.15) is 5.26 Å². The number of amides is 1. The summed E-state index contributed by atoms with van der Waals surface area (Å²) in [6, 6.07) is 13.6. The number of nitrogens with two attached hydrogens (primary N) is 1. The number of hydrogen-bond acceptors (Lipinski definition) is 5. The Balaban J connectivity index is 1.91. The molecular formula is C24H19FN4O2. The number of hydrogen-bond donors (Lipinski definition) is 2. The zero-order valence-electron chi connectivity index (χ0n) is 16.8. The summed E-state index contributed by atoms with van der Waals surface area (Å²) < 4.78 is 14.8. The third-order valence-corrected chi connectivity index (χ3v) is 6.27. The predicted octanol–water partition coefficient (Wildman–Crippen LogP) is 3.55. The highest BCUT2D eigenvalue weighted by Gasteiger charge is 2.60. The lowest BCUT2D eigenvalue weighted by molar-refractivity contribution is -0.122. The van der Waals surface area contributed by atoms with Gasteiger partial charge in [-0.3, -0.25) is 14.5 Å². The smallest absolute Gasteiger partial charge is 0.245 e. The molecule has 31 heavy (non-hydrogen) atoms. The van der Waals surface area contributed by atoms with E-state index in [4.69, 9.17) is 5.73 Å². The van der Waals surface area contributed by atoms with Crippen LogP contribution < -0.4 is 16.0 Å². The van der Waals surface area contributed by atoms with Gasteiger partial charge in [0.25, 0.3) is 0 Å². The van der Waals surface area contributed by atoms with Crippen LogP contribution in [0, 0.1) is 24.1 Å². The second-order valence-corrected chi connectivity index (χ2v) is 8.01. The molecule has 0 fully saturated rings. The minimum absolute atomic E-state index is 0.0365. The van der Waals surface area contributed by atoms with Crippen LogP contribution in [0.1, 0.15) is 30.4 Å². The maximum Gasteiger partial charge on any atom is 0.245 e. The Morgan fingerprint density at radius 3 is 2.71 bits per heavy atom. The molecule has 0 saturated carbocycles. The molecule has 0 radical (unpaired) electrons. The summed E-state index contributed by atoms with van der Waals surface area (Å²) >= 11 is 0. The van der Waals surface area contributed by atoms with Crippen molar-refractivity contribution < 1.29 is 14.0 Å². The molecule has 1 aliphatic carbocycles. The summed E-state index contributed by atoms with van der Waals surface area (Å²) in [5.74, 6) is -1.28. The van der Waals surface area contributed by atoms with Crippen LogP contribution in [0.3, 0.4) is 0 Å². The first kappa shape index (κ1) is 19.1. The van der Waals surface area contributed by atoms with Crippen molar-refractivity contribution in [2.24, 2.45) is 5.73 Å². The molecule has 5 rings (SSSR count). The molecule has 6 nitrogen and oxygen atoms in total. The Hall–Kier alpha value is -3.92. The number of carbonyl (C=O) groups excluding carboxylic acids is 2. The van der Waals surface area contributed by atoms with Crippen LogP contribution in [0.5, 0.6) is 0 Å². The van der Waals surface area contributed by atoms with Crippen LogP contribution in [0.4, 0.5) is 15.8 Å². The summed E-state index contributed by atoms with van der Waals surface area (Å²) in [5.41, 5.74) is 7.59. The van der Waals surface area contributed by atoms with Crippen LogP contribution >= 0.6 is 0 Å². The maximum absolute atomic E-state index is 14.8. The molecule has 2 aromatic carbocycles. The van der Waals surface area contributed by atoms with Crippen LogP contribution in [-0.4, -0.2) is 11.7 Å². The second-order valence-electron chi connectivity index (χ2n) is 8.01. The van der Waals surface area contributed by atoms with Crippen LogP contribution in [0.2, 0.25) is 0 Å². The number of rotatable bonds is 1. The lowest BCUT2D eigenvalue weighted by Gasteiger charge is -2.43. The van der Waals surface area contributed by atoms with E-state index in [0.29, 0.717) is 29.8 Å². The number of nitrogens with one attached hydrogen (secondary N) is 1. The van der Waals surface area contributed by atoms with Gasteiger partial charge in [-0.1, -0.05) is 29.8 Å². The first-order valence-corrected chi connectivity index (χ1v) is 10.1. The fourth-order valence-corrected chi connectivity index (χ4v) is 5.01. The molecule has 2 aliphatic heterocycles. The number of para-hydroxylation sites is 1. The average molecular weight is 414 g/mol. The number of Topliss-reactive ketones (excluding diaryl/α,β-unsaturated/α-hetero) is 1. The van der Waals surface area contributed by atoms with Crippen LogP contribution in [0.15, 0.2) is 65.1 Å². The Morgan fingerprint density at radius 2 is 1.97 bits per heavy atom. The standard InChI is InChI=1S/C24H19FN4O2/c1-13-9-10-17-14(11-13)24(23(31)28-17)15(12-26)22(27)29(18-6-3-2-5-16(18)25)19-7-4-8-20(30)21(19)24/h2-3,5-6,9-11H,4,7-8,27H2,1H3,(H,28,31)/t24-/m1/s1. The minimum Gasteiger partial charge on any atom is -0.384 e. The topological polar surface area (TPSA) is 99.2 Å². The largest absolute Gasteiger partial charge is 0.384 e. The van der Waals surface area contributed by atoms with Gasteiger partial charge >= 0.3 is 0 Å². The van der Waals surface area contributed by atoms with E-state index in [1.807, 2.05) is 19.1 Å². The third-order valence-electron chi connectivity index (χ3n) is 6.27. The molecule has 0 aromatic heterocycles. The molecule has 0 unspecified atom stereocenters. The highest BCUT2D eigenvalue weighted by atomic mass is 19.1. The van der Waals surface area contributed by atoms with Crippen molar-refractivity contribution in [2.45, 2.75) is 31.6 Å². The van der Waals surface area contributed by atoms with E-state index < -0.39 is 17.1 Å². The monoisotopic (exact) mass is 414 g/mol. The van der Waals surface area contributed by atoms with E-state index in [1.54, 1.807) is 24.3 Å². The van der Waals surface area contributed by atoms with E-state index in [1.165, 1.54) is 11.0 Å². The minimum atomic E-state index is -1.63. The summed E-state index contributed by atoms with van der Waals surface area (Å²) in [6.07, 6.45) is 1.24. The first-order chi connectivity index (χ1) is 14.9. The Kier molecular flexibility index (Phi) is 4.02. The first-order valence-electron chi connectivity index (χ1n) is 10.1. The average Bonchev–Trinajstić information content (AvgIpc) is 3.01. The lowest BCUT2D eigenvalue weighted by atomic mass is 9.63. The van der Waals surface area contributed by atoms with Gasteiger partial charge in [0.1, 0.15) is 23.1 Å². The lowest BCUT2D eigenvalue weighted by Crippen LogP contribution is -2.51. The number of nitrogens with zero attached hydrogens (tertiary/aromatic N) is 2. The summed E-state index contributed by atoms with van der Waals surface area (Å²) in [6.45, 7) is 1.88. The van der Waals surface area contributed by atoms with Crippen LogP contribution in [0.25, 0.3) is 0 Å². The molecule has 2 heterocycles. The van der Waals surface area contributed by atoms with Gasteiger partial charge in [-0.25, -0.2) is 4.39 Å². The van der Waals surface area contributed by atoms with E-state index in [9.17, 15) is 19.2 Å². The molecule has 0 saturated heterocycles. The predicted molar refractivity (Wildman–Crippen MR) is 113 cm³/mol. The molecule has 0 bridgehead atoms. The van der Waals surface area contributed by atoms with Gasteiger partial charge in [0.05, 0.1) is 11.3 Å². The molecule has 2 aromatic rings. The van der Waals surface area contributed by atoms with Crippen molar-refractivity contribution in [1.29, 1.82) is 5.26 Å². The number of carbonyl (C=O) groups is 2. The highest BCUT2D eigenvalue weighted by Crippen LogP contribution is 2.55. The van der Waals surface area contributed by atoms with Crippen LogP contribution in [-0.2, 0) is 15.0 Å². The molecule has 154 valence electrons. The summed E-state index contributed by atoms with van der Waals surface area (Å²) in [4.78, 5) is 28.3. The van der Waals surface area contributed by atoms with Gasteiger partial charge in [-0.05, 0) is 38.0 Å². The summed E-state index contributed by atoms with van der Waals surface area (Å²) in [5, 5.41) is 13.0. The number of fused-ring (bicyclic) bond motifs is 3. The molecule has 7 heteroatoms. The SMILES string of the molecule is Cc1ccc2c(c1)[C@@]1(C(=O)N2)C(C#N)=C(N)N(c2ccccc2F)C2=C1C(=O)CCC2. The van der Waals surface area contributed by atoms with E-state index in [2.05, 4.69) is 11.4 Å². The fourth-order valence-electron chi connectivity index (χ4n) is 5.01. The van der Waals surface area contributed by atoms with Gasteiger partial charge in [-0.15, -0.1) is 0 Å². The number of benzene rings is 2. The maximum atomic E-state index is 14.8. The molecule has 3 N–H and O–H groups in total. The highest BCUT2D eigenvalue weighted by molar-refractivity contribution is 6.19. The van der Waals surface area contributed by atoms with Gasteiger partial charge in [0, 0.05) is 28.9 Å². The molecule has 1 amide bonds.